The number of hydrogen-bond acceptors (Lipinski definition) is 7. The molecule has 0 radical (unpaired) electrons. The van der Waals surface area contributed by atoms with Crippen LogP contribution in [-0.2, 0) is 27.4 Å². The van der Waals surface area contributed by atoms with E-state index in [0.29, 0.717) is 45.8 Å². The number of rotatable bonds is 5. The number of hydrogen-bond donors (Lipinski definition) is 1. The zero-order valence-electron chi connectivity index (χ0n) is 23.0. The molecule has 1 aromatic heterocycles. The molecule has 0 saturated carbocycles. The number of carbonyl (C=O) groups is 2. The number of nitrogens with zero attached hydrogens (tertiary/aromatic N) is 4. The van der Waals surface area contributed by atoms with E-state index in [1.54, 1.807) is 17.3 Å². The van der Waals surface area contributed by atoms with Crippen LogP contribution >= 0.6 is 0 Å². The van der Waals surface area contributed by atoms with Crippen LogP contribution < -0.4 is 15.0 Å². The first kappa shape index (κ1) is 27.4. The molecule has 0 spiro atoms. The van der Waals surface area contributed by atoms with E-state index in [4.69, 9.17) is 9.47 Å². The maximum Gasteiger partial charge on any atom is 0.236 e. The van der Waals surface area contributed by atoms with Gasteiger partial charge in [-0.15, -0.1) is 0 Å². The van der Waals surface area contributed by atoms with Crippen molar-refractivity contribution in [1.82, 2.24) is 20.1 Å². The lowest BCUT2D eigenvalue weighted by Gasteiger charge is -2.39. The van der Waals surface area contributed by atoms with E-state index in [-0.39, 0.29) is 23.7 Å². The van der Waals surface area contributed by atoms with Crippen molar-refractivity contribution in [3.05, 3.63) is 53.9 Å². The van der Waals surface area contributed by atoms with Crippen LogP contribution in [0.1, 0.15) is 36.8 Å². The summed E-state index contributed by atoms with van der Waals surface area (Å²) in [4.78, 5) is 36.5. The fourth-order valence-electron chi connectivity index (χ4n) is 5.94. The van der Waals surface area contributed by atoms with Gasteiger partial charge in [-0.25, -0.2) is 0 Å². The van der Waals surface area contributed by atoms with Crippen molar-refractivity contribution < 1.29 is 19.1 Å². The number of amides is 2. The summed E-state index contributed by atoms with van der Waals surface area (Å²) in [6.45, 7) is 6.71. The maximum atomic E-state index is 13.1. The average molecular weight is 536 g/mol. The summed E-state index contributed by atoms with van der Waals surface area (Å²) in [5.41, 5.74) is 3.26. The van der Waals surface area contributed by atoms with Gasteiger partial charge in [0.2, 0.25) is 11.8 Å². The molecule has 9 heteroatoms. The number of piperidine rings is 1. The molecule has 39 heavy (non-hydrogen) atoms. The third-order valence-electron chi connectivity index (χ3n) is 8.24. The van der Waals surface area contributed by atoms with Crippen LogP contribution in [0.25, 0.3) is 0 Å². The molecule has 4 heterocycles. The summed E-state index contributed by atoms with van der Waals surface area (Å²) < 4.78 is 11.8. The lowest BCUT2D eigenvalue weighted by Crippen LogP contribution is -2.47. The maximum absolute atomic E-state index is 13.1. The van der Waals surface area contributed by atoms with Crippen LogP contribution in [0.2, 0.25) is 0 Å². The predicted molar refractivity (Wildman–Crippen MR) is 149 cm³/mol. The zero-order valence-corrected chi connectivity index (χ0v) is 23.0. The van der Waals surface area contributed by atoms with Crippen molar-refractivity contribution in [3.63, 3.8) is 0 Å². The number of pyridine rings is 1. The molecule has 2 saturated heterocycles. The number of benzene rings is 1. The van der Waals surface area contributed by atoms with E-state index in [0.717, 1.165) is 62.4 Å². The van der Waals surface area contributed by atoms with Crippen LogP contribution in [0.5, 0.6) is 5.75 Å². The van der Waals surface area contributed by atoms with Crippen molar-refractivity contribution in [1.29, 1.82) is 0 Å². The molecule has 0 aliphatic carbocycles. The number of ether oxygens (including phenoxy) is 2. The first-order chi connectivity index (χ1) is 19.1. The van der Waals surface area contributed by atoms with Gasteiger partial charge in [-0.3, -0.25) is 14.6 Å². The lowest BCUT2D eigenvalue weighted by molar-refractivity contribution is -0.135. The van der Waals surface area contributed by atoms with E-state index < -0.39 is 0 Å². The van der Waals surface area contributed by atoms with Gasteiger partial charge in [0, 0.05) is 76.4 Å². The Morgan fingerprint density at radius 1 is 1.10 bits per heavy atom. The summed E-state index contributed by atoms with van der Waals surface area (Å²) in [5.74, 6) is 1.70. The molecule has 2 amide bonds. The SMILES string of the molecule is CN(Cc1cccnc1)C(=O)C[C@@H]1CCN2C[C@@H]1CCCOc1ccc(N3CCOCC3)cc1CNCC2=O. The van der Waals surface area contributed by atoms with Gasteiger partial charge in [-0.2, -0.15) is 0 Å². The molecule has 1 aromatic carbocycles. The molecule has 0 unspecified atom stereocenters. The molecular weight excluding hydrogens is 494 g/mol. The first-order valence-corrected chi connectivity index (χ1v) is 14.3. The smallest absolute Gasteiger partial charge is 0.236 e. The molecule has 2 fully saturated rings. The molecule has 3 aliphatic heterocycles. The van der Waals surface area contributed by atoms with Crippen molar-refractivity contribution >= 4 is 17.5 Å². The quantitative estimate of drug-likeness (QED) is 0.630. The number of anilines is 1. The van der Waals surface area contributed by atoms with E-state index in [1.165, 1.54) is 5.69 Å². The monoisotopic (exact) mass is 535 g/mol. The highest BCUT2D eigenvalue weighted by molar-refractivity contribution is 5.79. The number of carbonyl (C=O) groups excluding carboxylic acids is 2. The Kier molecular flexibility index (Phi) is 9.32. The van der Waals surface area contributed by atoms with Crippen LogP contribution in [0.4, 0.5) is 5.69 Å². The van der Waals surface area contributed by atoms with Crippen LogP contribution in [-0.4, -0.2) is 86.2 Å². The van der Waals surface area contributed by atoms with Crippen molar-refractivity contribution in [2.45, 2.75) is 38.8 Å². The molecule has 5 rings (SSSR count). The molecular formula is C30H41N5O4. The fourth-order valence-corrected chi connectivity index (χ4v) is 5.94. The second kappa shape index (κ2) is 13.3. The second-order valence-corrected chi connectivity index (χ2v) is 10.9. The van der Waals surface area contributed by atoms with Crippen LogP contribution in [0.15, 0.2) is 42.7 Å². The van der Waals surface area contributed by atoms with Gasteiger partial charge in [0.15, 0.2) is 0 Å². The molecule has 1 N–H and O–H groups in total. The van der Waals surface area contributed by atoms with Gasteiger partial charge in [0.05, 0.1) is 26.4 Å². The predicted octanol–water partition coefficient (Wildman–Crippen LogP) is 2.69. The highest BCUT2D eigenvalue weighted by Crippen LogP contribution is 2.32. The Bertz CT molecular complexity index is 1110. The van der Waals surface area contributed by atoms with Crippen molar-refractivity contribution in [2.75, 3.05) is 64.5 Å². The lowest BCUT2D eigenvalue weighted by atomic mass is 9.80. The topological polar surface area (TPSA) is 87.2 Å². The molecule has 2 bridgehead atoms. The highest BCUT2D eigenvalue weighted by Gasteiger charge is 2.33. The third kappa shape index (κ3) is 7.28. The second-order valence-electron chi connectivity index (χ2n) is 10.9. The van der Waals surface area contributed by atoms with Gasteiger partial charge in [-0.05, 0) is 60.9 Å². The van der Waals surface area contributed by atoms with Crippen molar-refractivity contribution in [3.8, 4) is 5.75 Å². The Labute approximate surface area is 231 Å². The molecule has 210 valence electrons. The normalized spacial score (nSPS) is 22.5. The minimum absolute atomic E-state index is 0.129. The standard InChI is InChI=1S/C30H41N5O4/c1-33(21-23-4-2-9-31-18-23)29(36)17-24-8-10-35-22-25(24)5-3-13-39-28-7-6-27(34-11-14-38-15-12-34)16-26(28)19-32-20-30(35)37/h2,4,6-7,9,16,18,24-25,32H,3,5,8,10-15,17,19-22H2,1H3/t24-,25-/m0/s1. The summed E-state index contributed by atoms with van der Waals surface area (Å²) in [7, 11) is 1.86. The Morgan fingerprint density at radius 2 is 1.97 bits per heavy atom. The first-order valence-electron chi connectivity index (χ1n) is 14.3. The summed E-state index contributed by atoms with van der Waals surface area (Å²) in [6.07, 6.45) is 6.73. The van der Waals surface area contributed by atoms with E-state index >= 15 is 0 Å². The van der Waals surface area contributed by atoms with Gasteiger partial charge < -0.3 is 29.5 Å². The molecule has 2 aromatic rings. The minimum Gasteiger partial charge on any atom is -0.493 e. The average Bonchev–Trinajstić information content (AvgIpc) is 2.97. The van der Waals surface area contributed by atoms with Crippen LogP contribution in [0.3, 0.4) is 0 Å². The number of nitrogens with one attached hydrogen (secondary N) is 1. The van der Waals surface area contributed by atoms with E-state index in [1.807, 2.05) is 24.1 Å². The summed E-state index contributed by atoms with van der Waals surface area (Å²) >= 11 is 0. The number of aromatic nitrogens is 1. The largest absolute Gasteiger partial charge is 0.493 e. The van der Waals surface area contributed by atoms with Crippen molar-refractivity contribution in [2.24, 2.45) is 11.8 Å². The van der Waals surface area contributed by atoms with E-state index in [9.17, 15) is 9.59 Å². The van der Waals surface area contributed by atoms with Gasteiger partial charge in [0.25, 0.3) is 0 Å². The Morgan fingerprint density at radius 3 is 2.79 bits per heavy atom. The molecule has 2 atom stereocenters. The summed E-state index contributed by atoms with van der Waals surface area (Å²) in [5, 5.41) is 3.36. The number of fused-ring (bicyclic) bond motifs is 3. The van der Waals surface area contributed by atoms with E-state index in [2.05, 4.69) is 33.4 Å². The van der Waals surface area contributed by atoms with Gasteiger partial charge in [-0.1, -0.05) is 6.07 Å². The zero-order chi connectivity index (χ0) is 27.0. The number of morpholine rings is 1. The fraction of sp³-hybridized carbons (Fsp3) is 0.567. The molecule has 9 nitrogen and oxygen atoms in total. The Hall–Kier alpha value is -3.17. The Balaban J connectivity index is 1.22. The summed E-state index contributed by atoms with van der Waals surface area (Å²) in [6, 6.07) is 10.2. The third-order valence-corrected chi connectivity index (χ3v) is 8.24. The van der Waals surface area contributed by atoms with Gasteiger partial charge in [0.1, 0.15) is 5.75 Å². The minimum atomic E-state index is 0.129. The highest BCUT2D eigenvalue weighted by atomic mass is 16.5. The molecule has 3 aliphatic rings. The van der Waals surface area contributed by atoms with Crippen LogP contribution in [0, 0.1) is 11.8 Å². The van der Waals surface area contributed by atoms with Gasteiger partial charge >= 0.3 is 0 Å².